The molecule has 0 radical (unpaired) electrons. The highest BCUT2D eigenvalue weighted by atomic mass is 16.2. The van der Waals surface area contributed by atoms with Crippen molar-refractivity contribution in [3.8, 4) is 0 Å². The third kappa shape index (κ3) is 2.70. The number of nitrogens with two attached hydrogens (primary N) is 1. The van der Waals surface area contributed by atoms with Gasteiger partial charge in [-0.25, -0.2) is 0 Å². The van der Waals surface area contributed by atoms with E-state index in [0.29, 0.717) is 12.2 Å². The van der Waals surface area contributed by atoms with Gasteiger partial charge in [-0.2, -0.15) is 5.01 Å². The van der Waals surface area contributed by atoms with Crippen LogP contribution < -0.4 is 16.5 Å². The average molecular weight is 314 g/mol. The van der Waals surface area contributed by atoms with Crippen LogP contribution >= 0.6 is 0 Å². The fourth-order valence-corrected chi connectivity index (χ4v) is 3.13. The zero-order valence-electron chi connectivity index (χ0n) is 13.4. The number of likely N-dealkylation sites (N-methyl/N-ethyl adjacent to an activating group) is 1. The predicted octanol–water partition coefficient (Wildman–Crippen LogP) is 0.579. The molecule has 1 fully saturated rings. The van der Waals surface area contributed by atoms with Crippen LogP contribution in [0, 0.1) is 12.8 Å². The van der Waals surface area contributed by atoms with E-state index >= 15 is 0 Å². The number of aryl methyl sites for hydroxylation is 1. The highest BCUT2D eigenvalue weighted by Crippen LogP contribution is 2.46. The molecule has 1 atom stereocenters. The second-order valence-electron chi connectivity index (χ2n) is 6.28. The van der Waals surface area contributed by atoms with Gasteiger partial charge in [0.15, 0.2) is 0 Å². The van der Waals surface area contributed by atoms with Gasteiger partial charge >= 0.3 is 0 Å². The Hall–Kier alpha value is -2.34. The van der Waals surface area contributed by atoms with Crippen LogP contribution in [0.1, 0.15) is 24.0 Å². The van der Waals surface area contributed by atoms with Crippen LogP contribution in [0.5, 0.6) is 0 Å². The summed E-state index contributed by atoms with van der Waals surface area (Å²) in [5.74, 6) is -0.513. The van der Waals surface area contributed by atoms with Gasteiger partial charge in [-0.15, -0.1) is 0 Å². The molecule has 122 valence electrons. The molecule has 23 heavy (non-hydrogen) atoms. The molecule has 1 aliphatic carbocycles. The number of primary amides is 1. The summed E-state index contributed by atoms with van der Waals surface area (Å²) in [4.78, 5) is 24.3. The molecule has 1 aliphatic heterocycles. The Morgan fingerprint density at radius 1 is 1.35 bits per heavy atom. The van der Waals surface area contributed by atoms with Crippen molar-refractivity contribution in [3.05, 3.63) is 47.2 Å². The van der Waals surface area contributed by atoms with Gasteiger partial charge in [0.25, 0.3) is 5.91 Å². The topological polar surface area (TPSA) is 87.5 Å². The van der Waals surface area contributed by atoms with Gasteiger partial charge < -0.3 is 16.5 Å². The van der Waals surface area contributed by atoms with Crippen LogP contribution in [0.25, 0.3) is 0 Å². The van der Waals surface area contributed by atoms with E-state index in [0.717, 1.165) is 18.4 Å². The number of benzene rings is 1. The van der Waals surface area contributed by atoms with Crippen LogP contribution in [0.3, 0.4) is 0 Å². The molecule has 0 aromatic heterocycles. The van der Waals surface area contributed by atoms with Gasteiger partial charge in [0.05, 0.1) is 0 Å². The Morgan fingerprint density at radius 3 is 2.52 bits per heavy atom. The summed E-state index contributed by atoms with van der Waals surface area (Å²) in [6, 6.07) is 8.10. The minimum absolute atomic E-state index is 0.153. The van der Waals surface area contributed by atoms with Crippen molar-refractivity contribution < 1.29 is 9.59 Å². The van der Waals surface area contributed by atoms with Crippen LogP contribution in [0.2, 0.25) is 0 Å². The van der Waals surface area contributed by atoms with E-state index in [4.69, 9.17) is 5.73 Å². The molecular weight excluding hydrogens is 292 g/mol. The van der Waals surface area contributed by atoms with E-state index in [1.807, 2.05) is 36.2 Å². The number of hydrogen-bond donors (Lipinski definition) is 3. The Bertz CT molecular complexity index is 664. The molecule has 6 heteroatoms. The number of hydrogen-bond acceptors (Lipinski definition) is 4. The van der Waals surface area contributed by atoms with Crippen molar-refractivity contribution in [1.29, 1.82) is 0 Å². The summed E-state index contributed by atoms with van der Waals surface area (Å²) < 4.78 is 0. The number of hydrazine groups is 1. The molecule has 1 aromatic rings. The number of nitrogens with one attached hydrogen (secondary N) is 2. The zero-order chi connectivity index (χ0) is 16.6. The van der Waals surface area contributed by atoms with E-state index in [9.17, 15) is 9.59 Å². The van der Waals surface area contributed by atoms with E-state index in [1.165, 1.54) is 5.56 Å². The molecular formula is C17H22N4O2. The maximum Gasteiger partial charge on any atom is 0.268 e. The smallest absolute Gasteiger partial charge is 0.268 e. The third-order valence-corrected chi connectivity index (χ3v) is 4.59. The lowest BCUT2D eigenvalue weighted by molar-refractivity contribution is -0.130. The lowest BCUT2D eigenvalue weighted by Gasteiger charge is -2.35. The number of rotatable bonds is 5. The molecule has 1 aromatic carbocycles. The second kappa shape index (κ2) is 5.70. The van der Waals surface area contributed by atoms with Crippen molar-refractivity contribution in [3.63, 3.8) is 0 Å². The standard InChI is InChI=1S/C17H22N4O2/c1-11-3-5-12(6-4-11)10-21-17(16(18)23,13-7-8-13)9-14(20-21)15(22)19-2/h3-6,9,13,20H,7-8,10H2,1-2H3,(H2,18,23)(H,19,22). The lowest BCUT2D eigenvalue weighted by atomic mass is 9.91. The molecule has 1 heterocycles. The van der Waals surface area contributed by atoms with Gasteiger partial charge in [-0.3, -0.25) is 9.59 Å². The molecule has 1 unspecified atom stereocenters. The molecule has 0 saturated heterocycles. The van der Waals surface area contributed by atoms with Crippen LogP contribution in [-0.2, 0) is 16.1 Å². The molecule has 0 bridgehead atoms. The van der Waals surface area contributed by atoms with Crippen molar-refractivity contribution in [2.45, 2.75) is 31.8 Å². The number of carbonyl (C=O) groups is 2. The van der Waals surface area contributed by atoms with Crippen LogP contribution in [0.15, 0.2) is 36.0 Å². The molecule has 0 spiro atoms. The number of carbonyl (C=O) groups excluding carboxylic acids is 2. The maximum atomic E-state index is 12.3. The highest BCUT2D eigenvalue weighted by molar-refractivity contribution is 5.97. The highest BCUT2D eigenvalue weighted by Gasteiger charge is 2.56. The van der Waals surface area contributed by atoms with Crippen LogP contribution in [0.4, 0.5) is 0 Å². The molecule has 2 amide bonds. The van der Waals surface area contributed by atoms with Gasteiger partial charge in [-0.1, -0.05) is 29.8 Å². The van der Waals surface area contributed by atoms with E-state index in [2.05, 4.69) is 10.7 Å². The summed E-state index contributed by atoms with van der Waals surface area (Å²) in [6.07, 6.45) is 3.57. The Labute approximate surface area is 135 Å². The van der Waals surface area contributed by atoms with Crippen LogP contribution in [-0.4, -0.2) is 29.4 Å². The SMILES string of the molecule is CNC(=O)C1=CC(C(N)=O)(C2CC2)N(Cc2ccc(C)cc2)N1. The average Bonchev–Trinajstić information content (AvgIpc) is 3.31. The molecule has 1 saturated carbocycles. The molecule has 2 aliphatic rings. The minimum atomic E-state index is -0.938. The Morgan fingerprint density at radius 2 is 2.00 bits per heavy atom. The summed E-state index contributed by atoms with van der Waals surface area (Å²) in [7, 11) is 1.57. The fourth-order valence-electron chi connectivity index (χ4n) is 3.13. The minimum Gasteiger partial charge on any atom is -0.368 e. The summed E-state index contributed by atoms with van der Waals surface area (Å²) in [5, 5.41) is 4.39. The first kappa shape index (κ1) is 15.6. The van der Waals surface area contributed by atoms with Gasteiger partial charge in [0.2, 0.25) is 5.91 Å². The monoisotopic (exact) mass is 314 g/mol. The van der Waals surface area contributed by atoms with E-state index in [1.54, 1.807) is 13.1 Å². The van der Waals surface area contributed by atoms with Gasteiger partial charge in [0, 0.05) is 13.6 Å². The largest absolute Gasteiger partial charge is 0.368 e. The zero-order valence-corrected chi connectivity index (χ0v) is 13.4. The fraction of sp³-hybridized carbons (Fsp3) is 0.412. The van der Waals surface area contributed by atoms with E-state index in [-0.39, 0.29) is 11.8 Å². The quantitative estimate of drug-likeness (QED) is 0.742. The molecule has 4 N–H and O–H groups in total. The number of nitrogens with zero attached hydrogens (tertiary/aromatic N) is 1. The first-order valence-corrected chi connectivity index (χ1v) is 7.82. The second-order valence-corrected chi connectivity index (χ2v) is 6.28. The summed E-state index contributed by atoms with van der Waals surface area (Å²) in [6.45, 7) is 2.53. The van der Waals surface area contributed by atoms with Crippen molar-refractivity contribution >= 4 is 11.8 Å². The third-order valence-electron chi connectivity index (χ3n) is 4.59. The Balaban J connectivity index is 1.93. The molecule has 3 rings (SSSR count). The van der Waals surface area contributed by atoms with E-state index < -0.39 is 11.4 Å². The first-order valence-electron chi connectivity index (χ1n) is 7.82. The summed E-state index contributed by atoms with van der Waals surface area (Å²) in [5.41, 5.74) is 10.5. The van der Waals surface area contributed by atoms with Gasteiger partial charge in [-0.05, 0) is 37.3 Å². The van der Waals surface area contributed by atoms with Crippen molar-refractivity contribution in [2.75, 3.05) is 7.05 Å². The summed E-state index contributed by atoms with van der Waals surface area (Å²) >= 11 is 0. The number of amides is 2. The van der Waals surface area contributed by atoms with Crippen molar-refractivity contribution in [2.24, 2.45) is 11.7 Å². The van der Waals surface area contributed by atoms with Gasteiger partial charge in [0.1, 0.15) is 11.2 Å². The predicted molar refractivity (Wildman–Crippen MR) is 86.7 cm³/mol. The lowest BCUT2D eigenvalue weighted by Crippen LogP contribution is -2.58. The maximum absolute atomic E-state index is 12.3. The normalized spacial score (nSPS) is 24.0. The first-order chi connectivity index (χ1) is 11.0. The Kier molecular flexibility index (Phi) is 3.85. The van der Waals surface area contributed by atoms with Crippen molar-refractivity contribution in [1.82, 2.24) is 15.8 Å². The molecule has 6 nitrogen and oxygen atoms in total.